The number of nitrogen functional groups attached to an aromatic ring is 1. The molecular formula is C13H13ClN4. The van der Waals surface area contributed by atoms with E-state index in [1.54, 1.807) is 12.3 Å². The van der Waals surface area contributed by atoms with E-state index in [9.17, 15) is 0 Å². The molecule has 0 spiro atoms. The normalized spacial score (nSPS) is 9.83. The maximum atomic E-state index is 5.62. The van der Waals surface area contributed by atoms with Gasteiger partial charge in [0.25, 0.3) is 0 Å². The number of aromatic nitrogens is 3. The molecule has 0 fully saturated rings. The lowest BCUT2D eigenvalue weighted by Gasteiger charge is -1.86. The summed E-state index contributed by atoms with van der Waals surface area (Å²) in [5, 5.41) is 0. The molecule has 0 bridgehead atoms. The van der Waals surface area contributed by atoms with Crippen LogP contribution in [0.15, 0.2) is 55.0 Å². The molecule has 5 heteroatoms. The van der Waals surface area contributed by atoms with Crippen molar-refractivity contribution in [3.05, 3.63) is 60.7 Å². The van der Waals surface area contributed by atoms with Gasteiger partial charge in [-0.05, 0) is 24.3 Å². The zero-order valence-corrected chi connectivity index (χ0v) is 10.5. The summed E-state index contributed by atoms with van der Waals surface area (Å²) in [5.74, 6) is 1.05. The van der Waals surface area contributed by atoms with Gasteiger partial charge in [-0.25, -0.2) is 9.97 Å². The smallest absolute Gasteiger partial charge is 0.137 e. The molecule has 0 radical (unpaired) electrons. The van der Waals surface area contributed by atoms with Crippen molar-refractivity contribution in [3.63, 3.8) is 0 Å². The zero-order chi connectivity index (χ0) is 12.8. The van der Waals surface area contributed by atoms with Crippen LogP contribution < -0.4 is 5.73 Å². The van der Waals surface area contributed by atoms with Gasteiger partial charge in [0.05, 0.1) is 11.6 Å². The van der Waals surface area contributed by atoms with Crippen LogP contribution in [0.2, 0.25) is 0 Å². The van der Waals surface area contributed by atoms with E-state index >= 15 is 0 Å². The number of nitrogens with zero attached hydrogens (tertiary/aromatic N) is 3. The number of halogens is 1. The summed E-state index contributed by atoms with van der Waals surface area (Å²) < 4.78 is 1.96. The second kappa shape index (κ2) is 6.02. The summed E-state index contributed by atoms with van der Waals surface area (Å²) in [6, 6.07) is 11.3. The average Bonchev–Trinajstić information content (AvgIpc) is 2.83. The van der Waals surface area contributed by atoms with E-state index in [1.807, 2.05) is 47.1 Å². The van der Waals surface area contributed by atoms with Crippen molar-refractivity contribution in [3.8, 4) is 0 Å². The molecule has 0 atom stereocenters. The fraction of sp³-hybridized carbons (Fsp3) is 0.0769. The third-order valence-corrected chi connectivity index (χ3v) is 2.51. The summed E-state index contributed by atoms with van der Waals surface area (Å²) in [4.78, 5) is 8.02. The summed E-state index contributed by atoms with van der Waals surface area (Å²) in [6.45, 7) is 0. The molecule has 0 aliphatic heterocycles. The van der Waals surface area contributed by atoms with E-state index in [4.69, 9.17) is 17.3 Å². The highest BCUT2D eigenvalue weighted by atomic mass is 35.5. The van der Waals surface area contributed by atoms with E-state index < -0.39 is 0 Å². The molecule has 0 aliphatic carbocycles. The Morgan fingerprint density at radius 2 is 2.00 bits per heavy atom. The predicted molar refractivity (Wildman–Crippen MR) is 73.4 cm³/mol. The lowest BCUT2D eigenvalue weighted by Crippen LogP contribution is -1.85. The number of hydrogen-bond acceptors (Lipinski definition) is 3. The maximum absolute atomic E-state index is 5.62. The van der Waals surface area contributed by atoms with Crippen molar-refractivity contribution < 1.29 is 0 Å². The highest BCUT2D eigenvalue weighted by Crippen LogP contribution is 2.05. The largest absolute Gasteiger partial charge is 0.384 e. The van der Waals surface area contributed by atoms with Crippen LogP contribution >= 0.6 is 11.6 Å². The van der Waals surface area contributed by atoms with Crippen LogP contribution in [0.1, 0.15) is 5.69 Å². The SMILES string of the molecule is ClCc1cn2ccccc2n1.Nc1ccccn1. The van der Waals surface area contributed by atoms with Gasteiger partial charge in [0.1, 0.15) is 11.5 Å². The Kier molecular flexibility index (Phi) is 4.15. The van der Waals surface area contributed by atoms with Crippen LogP contribution in [0.5, 0.6) is 0 Å². The summed E-state index contributed by atoms with van der Waals surface area (Å²) >= 11 is 5.62. The Labute approximate surface area is 110 Å². The first-order valence-electron chi connectivity index (χ1n) is 5.44. The van der Waals surface area contributed by atoms with E-state index in [2.05, 4.69) is 9.97 Å². The van der Waals surface area contributed by atoms with Crippen LogP contribution in [-0.4, -0.2) is 14.4 Å². The fourth-order valence-corrected chi connectivity index (χ4v) is 1.56. The summed E-state index contributed by atoms with van der Waals surface area (Å²) in [5.41, 5.74) is 7.11. The number of fused-ring (bicyclic) bond motifs is 1. The van der Waals surface area contributed by atoms with Gasteiger partial charge in [0.2, 0.25) is 0 Å². The lowest BCUT2D eigenvalue weighted by atomic mass is 10.5. The molecule has 3 aromatic heterocycles. The fourth-order valence-electron chi connectivity index (χ4n) is 1.43. The van der Waals surface area contributed by atoms with Crippen LogP contribution in [-0.2, 0) is 5.88 Å². The van der Waals surface area contributed by atoms with Crippen molar-refractivity contribution in [1.82, 2.24) is 14.4 Å². The Morgan fingerprint density at radius 1 is 1.17 bits per heavy atom. The number of hydrogen-bond donors (Lipinski definition) is 1. The Bertz CT molecular complexity index is 573. The van der Waals surface area contributed by atoms with Gasteiger partial charge < -0.3 is 10.1 Å². The third-order valence-electron chi connectivity index (χ3n) is 2.24. The van der Waals surface area contributed by atoms with Gasteiger partial charge in [0, 0.05) is 18.6 Å². The first kappa shape index (κ1) is 12.4. The molecule has 4 nitrogen and oxygen atoms in total. The molecule has 3 heterocycles. The minimum Gasteiger partial charge on any atom is -0.384 e. The number of anilines is 1. The van der Waals surface area contributed by atoms with Gasteiger partial charge in [-0.3, -0.25) is 0 Å². The summed E-state index contributed by atoms with van der Waals surface area (Å²) in [6.07, 6.45) is 5.55. The quantitative estimate of drug-likeness (QED) is 0.685. The predicted octanol–water partition coefficient (Wildman–Crippen LogP) is 2.74. The standard InChI is InChI=1S/C8H7ClN2.C5H6N2/c9-5-7-6-11-4-2-1-3-8(11)10-7;6-5-3-1-2-4-7-5/h1-4,6H,5H2;1-4H,(H2,6,7). The first-order chi connectivity index (χ1) is 8.79. The van der Waals surface area contributed by atoms with Crippen molar-refractivity contribution >= 4 is 23.1 Å². The van der Waals surface area contributed by atoms with Gasteiger partial charge in [0.15, 0.2) is 0 Å². The highest BCUT2D eigenvalue weighted by Gasteiger charge is 1.96. The van der Waals surface area contributed by atoms with Crippen molar-refractivity contribution in [2.75, 3.05) is 5.73 Å². The van der Waals surface area contributed by atoms with E-state index in [0.717, 1.165) is 11.3 Å². The monoisotopic (exact) mass is 260 g/mol. The van der Waals surface area contributed by atoms with Crippen LogP contribution in [0.25, 0.3) is 5.65 Å². The maximum Gasteiger partial charge on any atom is 0.137 e. The topological polar surface area (TPSA) is 56.2 Å². The Hall–Kier alpha value is -2.07. The van der Waals surface area contributed by atoms with Crippen LogP contribution in [0.4, 0.5) is 5.82 Å². The number of rotatable bonds is 1. The number of nitrogens with two attached hydrogens (primary N) is 1. The van der Waals surface area contributed by atoms with E-state index in [1.165, 1.54) is 0 Å². The van der Waals surface area contributed by atoms with Gasteiger partial charge in [-0.15, -0.1) is 11.6 Å². The lowest BCUT2D eigenvalue weighted by molar-refractivity contribution is 1.18. The van der Waals surface area contributed by atoms with Gasteiger partial charge >= 0.3 is 0 Å². The molecule has 0 amide bonds. The third kappa shape index (κ3) is 3.21. The Morgan fingerprint density at radius 3 is 2.56 bits per heavy atom. The molecule has 0 aliphatic rings. The van der Waals surface area contributed by atoms with Crippen LogP contribution in [0, 0.1) is 0 Å². The Balaban J connectivity index is 0.000000149. The highest BCUT2D eigenvalue weighted by molar-refractivity contribution is 6.16. The molecule has 0 aromatic carbocycles. The molecular weight excluding hydrogens is 248 g/mol. The van der Waals surface area contributed by atoms with Gasteiger partial charge in [-0.2, -0.15) is 0 Å². The van der Waals surface area contributed by atoms with Gasteiger partial charge in [-0.1, -0.05) is 12.1 Å². The molecule has 2 N–H and O–H groups in total. The average molecular weight is 261 g/mol. The second-order valence-corrected chi connectivity index (χ2v) is 3.85. The molecule has 0 saturated heterocycles. The van der Waals surface area contributed by atoms with E-state index in [0.29, 0.717) is 11.7 Å². The van der Waals surface area contributed by atoms with Crippen LogP contribution in [0.3, 0.4) is 0 Å². The molecule has 0 unspecified atom stereocenters. The molecule has 3 aromatic rings. The zero-order valence-electron chi connectivity index (χ0n) is 9.70. The molecule has 3 rings (SSSR count). The molecule has 0 saturated carbocycles. The van der Waals surface area contributed by atoms with Crippen molar-refractivity contribution in [1.29, 1.82) is 0 Å². The van der Waals surface area contributed by atoms with Crippen molar-refractivity contribution in [2.45, 2.75) is 5.88 Å². The number of imidazole rings is 1. The minimum atomic E-state index is 0.474. The number of pyridine rings is 2. The second-order valence-electron chi connectivity index (χ2n) is 3.59. The number of alkyl halides is 1. The minimum absolute atomic E-state index is 0.474. The molecule has 92 valence electrons. The van der Waals surface area contributed by atoms with E-state index in [-0.39, 0.29) is 0 Å². The first-order valence-corrected chi connectivity index (χ1v) is 5.98. The van der Waals surface area contributed by atoms with Crippen molar-refractivity contribution in [2.24, 2.45) is 0 Å². The molecule has 18 heavy (non-hydrogen) atoms. The summed E-state index contributed by atoms with van der Waals surface area (Å²) in [7, 11) is 0.